The lowest BCUT2D eigenvalue weighted by molar-refractivity contribution is 0.0589. The van der Waals surface area contributed by atoms with Gasteiger partial charge in [0, 0.05) is 0 Å². The molecule has 84 valence electrons. The van der Waals surface area contributed by atoms with Crippen molar-refractivity contribution in [2.75, 3.05) is 7.11 Å². The van der Waals surface area contributed by atoms with Crippen LogP contribution in [-0.2, 0) is 5.54 Å². The van der Waals surface area contributed by atoms with Crippen molar-refractivity contribution in [2.24, 2.45) is 5.73 Å². The Bertz CT molecular complexity index is 353. The minimum Gasteiger partial charge on any atom is -0.496 e. The molecule has 0 aromatic heterocycles. The van der Waals surface area contributed by atoms with Crippen LogP contribution in [0.5, 0.6) is 5.75 Å². The van der Waals surface area contributed by atoms with Gasteiger partial charge in [-0.15, -0.1) is 0 Å². The summed E-state index contributed by atoms with van der Waals surface area (Å²) in [5.41, 5.74) is 3.03. The first-order valence-corrected chi connectivity index (χ1v) is 4.31. The van der Waals surface area contributed by atoms with Gasteiger partial charge in [-0.25, -0.2) is 13.2 Å². The first-order valence-electron chi connectivity index (χ1n) is 4.31. The number of rotatable bonds is 3. The third kappa shape index (κ3) is 2.07. The number of alkyl halides is 2. The van der Waals surface area contributed by atoms with Crippen molar-refractivity contribution in [3.05, 3.63) is 29.6 Å². The highest BCUT2D eigenvalue weighted by Gasteiger charge is 2.37. The fourth-order valence-corrected chi connectivity index (χ4v) is 1.31. The molecule has 1 atom stereocenters. The monoisotopic (exact) mass is 219 g/mol. The van der Waals surface area contributed by atoms with Gasteiger partial charge in [-0.2, -0.15) is 0 Å². The Morgan fingerprint density at radius 3 is 2.47 bits per heavy atom. The van der Waals surface area contributed by atoms with Gasteiger partial charge in [0.05, 0.1) is 12.7 Å². The van der Waals surface area contributed by atoms with Crippen molar-refractivity contribution >= 4 is 0 Å². The smallest absolute Gasteiger partial charge is 0.260 e. The maximum atomic E-state index is 13.4. The van der Waals surface area contributed by atoms with E-state index < -0.39 is 17.8 Å². The average Bonchev–Trinajstić information content (AvgIpc) is 2.16. The van der Waals surface area contributed by atoms with Crippen molar-refractivity contribution in [1.29, 1.82) is 0 Å². The molecule has 1 aromatic rings. The largest absolute Gasteiger partial charge is 0.496 e. The lowest BCUT2D eigenvalue weighted by Crippen LogP contribution is -2.41. The first-order chi connectivity index (χ1) is 6.91. The average molecular weight is 219 g/mol. The third-order valence-electron chi connectivity index (χ3n) is 2.19. The fourth-order valence-electron chi connectivity index (χ4n) is 1.31. The molecule has 0 spiro atoms. The first kappa shape index (κ1) is 11.8. The highest BCUT2D eigenvalue weighted by Crippen LogP contribution is 2.34. The lowest BCUT2D eigenvalue weighted by atomic mass is 9.92. The molecule has 0 fully saturated rings. The molecular weight excluding hydrogens is 207 g/mol. The summed E-state index contributed by atoms with van der Waals surface area (Å²) in [6.07, 6.45) is -2.87. The molecule has 0 radical (unpaired) electrons. The Labute approximate surface area is 85.8 Å². The number of hydrogen-bond donors (Lipinski definition) is 1. The van der Waals surface area contributed by atoms with E-state index in [-0.39, 0.29) is 11.3 Å². The molecule has 2 N–H and O–H groups in total. The van der Waals surface area contributed by atoms with Gasteiger partial charge in [0.15, 0.2) is 0 Å². The lowest BCUT2D eigenvalue weighted by Gasteiger charge is -2.26. The van der Waals surface area contributed by atoms with Crippen LogP contribution >= 0.6 is 0 Å². The van der Waals surface area contributed by atoms with Crippen LogP contribution in [0, 0.1) is 5.82 Å². The van der Waals surface area contributed by atoms with E-state index in [1.54, 1.807) is 0 Å². The predicted molar refractivity (Wildman–Crippen MR) is 50.5 cm³/mol. The normalized spacial score (nSPS) is 15.1. The quantitative estimate of drug-likeness (QED) is 0.846. The van der Waals surface area contributed by atoms with Crippen molar-refractivity contribution in [3.63, 3.8) is 0 Å². The summed E-state index contributed by atoms with van der Waals surface area (Å²) in [6, 6.07) is 3.84. The van der Waals surface area contributed by atoms with Gasteiger partial charge >= 0.3 is 0 Å². The number of ether oxygens (including phenoxy) is 1. The van der Waals surface area contributed by atoms with E-state index in [0.717, 1.165) is 13.0 Å². The third-order valence-corrected chi connectivity index (χ3v) is 2.19. The van der Waals surface area contributed by atoms with Gasteiger partial charge in [-0.3, -0.25) is 0 Å². The van der Waals surface area contributed by atoms with Crippen molar-refractivity contribution in [1.82, 2.24) is 0 Å². The van der Waals surface area contributed by atoms with Gasteiger partial charge in [0.2, 0.25) is 0 Å². The molecule has 1 rings (SSSR count). The van der Waals surface area contributed by atoms with Gasteiger partial charge in [0.25, 0.3) is 6.43 Å². The summed E-state index contributed by atoms with van der Waals surface area (Å²) in [6.45, 7) is 1.07. The molecule has 0 amide bonds. The van der Waals surface area contributed by atoms with Crippen LogP contribution in [0.3, 0.4) is 0 Å². The van der Waals surface area contributed by atoms with Crippen LogP contribution in [0.15, 0.2) is 18.2 Å². The highest BCUT2D eigenvalue weighted by atomic mass is 19.3. The maximum absolute atomic E-state index is 13.4. The number of hydrogen-bond acceptors (Lipinski definition) is 2. The Morgan fingerprint density at radius 1 is 1.40 bits per heavy atom. The molecule has 5 heteroatoms. The topological polar surface area (TPSA) is 35.2 Å². The highest BCUT2D eigenvalue weighted by molar-refractivity contribution is 5.40. The van der Waals surface area contributed by atoms with E-state index in [4.69, 9.17) is 10.5 Å². The molecule has 2 nitrogen and oxygen atoms in total. The minimum atomic E-state index is -2.87. The zero-order chi connectivity index (χ0) is 11.6. The Kier molecular flexibility index (Phi) is 3.24. The zero-order valence-electron chi connectivity index (χ0n) is 8.43. The van der Waals surface area contributed by atoms with Gasteiger partial charge in [-0.1, -0.05) is 6.07 Å². The molecular formula is C10H12F3NO. The van der Waals surface area contributed by atoms with Gasteiger partial charge < -0.3 is 10.5 Å². The van der Waals surface area contributed by atoms with E-state index in [0.29, 0.717) is 0 Å². The van der Waals surface area contributed by atoms with E-state index in [1.807, 2.05) is 0 Å². The summed E-state index contributed by atoms with van der Waals surface area (Å²) < 4.78 is 43.5. The van der Waals surface area contributed by atoms with Crippen LogP contribution in [0.2, 0.25) is 0 Å². The van der Waals surface area contributed by atoms with E-state index in [1.165, 1.54) is 19.2 Å². The van der Waals surface area contributed by atoms with Crippen LogP contribution in [0.25, 0.3) is 0 Å². The van der Waals surface area contributed by atoms with Crippen LogP contribution < -0.4 is 10.5 Å². The number of methoxy groups -OCH3 is 1. The summed E-state index contributed by atoms with van der Waals surface area (Å²) in [4.78, 5) is 0. The molecule has 0 saturated carbocycles. The molecule has 0 saturated heterocycles. The molecule has 1 aromatic carbocycles. The second-order valence-electron chi connectivity index (χ2n) is 3.40. The number of halogens is 3. The SMILES string of the molecule is COc1cccc(F)c1C(C)(N)C(F)F. The summed E-state index contributed by atoms with van der Waals surface area (Å²) in [5, 5.41) is 0. The summed E-state index contributed by atoms with van der Waals surface area (Å²) >= 11 is 0. The molecule has 0 bridgehead atoms. The van der Waals surface area contributed by atoms with Crippen molar-refractivity contribution < 1.29 is 17.9 Å². The second-order valence-corrected chi connectivity index (χ2v) is 3.40. The van der Waals surface area contributed by atoms with Crippen molar-refractivity contribution in [3.8, 4) is 5.75 Å². The van der Waals surface area contributed by atoms with Gasteiger partial charge in [0.1, 0.15) is 17.1 Å². The van der Waals surface area contributed by atoms with Gasteiger partial charge in [-0.05, 0) is 19.1 Å². The fraction of sp³-hybridized carbons (Fsp3) is 0.400. The van der Waals surface area contributed by atoms with E-state index in [9.17, 15) is 13.2 Å². The minimum absolute atomic E-state index is 0.0281. The van der Waals surface area contributed by atoms with Crippen LogP contribution in [0.4, 0.5) is 13.2 Å². The van der Waals surface area contributed by atoms with Crippen LogP contribution in [0.1, 0.15) is 12.5 Å². The molecule has 15 heavy (non-hydrogen) atoms. The molecule has 0 aliphatic heterocycles. The maximum Gasteiger partial charge on any atom is 0.260 e. The van der Waals surface area contributed by atoms with E-state index in [2.05, 4.69) is 0 Å². The van der Waals surface area contributed by atoms with Crippen LogP contribution in [-0.4, -0.2) is 13.5 Å². The Hall–Kier alpha value is -1.23. The van der Waals surface area contributed by atoms with E-state index >= 15 is 0 Å². The Balaban J connectivity index is 3.34. The molecule has 0 heterocycles. The zero-order valence-corrected chi connectivity index (χ0v) is 8.43. The molecule has 1 unspecified atom stereocenters. The Morgan fingerprint density at radius 2 is 2.00 bits per heavy atom. The summed E-state index contributed by atoms with van der Waals surface area (Å²) in [7, 11) is 1.28. The molecule has 0 aliphatic rings. The number of benzene rings is 1. The second kappa shape index (κ2) is 4.10. The number of nitrogens with two attached hydrogens (primary N) is 1. The standard InChI is InChI=1S/C10H12F3NO/c1-10(14,9(12)13)8-6(11)4-3-5-7(8)15-2/h3-5,9H,14H2,1-2H3. The predicted octanol–water partition coefficient (Wildman–Crippen LogP) is 2.27. The van der Waals surface area contributed by atoms with Crippen molar-refractivity contribution in [2.45, 2.75) is 18.9 Å². The summed E-state index contributed by atoms with van der Waals surface area (Å²) in [5.74, 6) is -0.764. The molecule has 0 aliphatic carbocycles.